The summed E-state index contributed by atoms with van der Waals surface area (Å²) in [6.45, 7) is 3.18. The van der Waals surface area contributed by atoms with Crippen LogP contribution in [-0.2, 0) is 11.3 Å². The molecule has 0 atom stereocenters. The van der Waals surface area contributed by atoms with Crippen LogP contribution in [0.3, 0.4) is 0 Å². The molecule has 0 bridgehead atoms. The Morgan fingerprint density at radius 2 is 2.05 bits per heavy atom. The number of rotatable bonds is 5. The Balaban J connectivity index is 1.43. The molecule has 2 aliphatic rings. The van der Waals surface area contributed by atoms with E-state index in [-0.39, 0.29) is 19.3 Å². The first-order chi connectivity index (χ1) is 10.7. The molecule has 1 saturated heterocycles. The first kappa shape index (κ1) is 15.1. The van der Waals surface area contributed by atoms with Gasteiger partial charge in [-0.2, -0.15) is 0 Å². The van der Waals surface area contributed by atoms with Crippen molar-refractivity contribution in [2.75, 3.05) is 33.0 Å². The van der Waals surface area contributed by atoms with Gasteiger partial charge in [-0.25, -0.2) is 0 Å². The van der Waals surface area contributed by atoms with E-state index in [4.69, 9.17) is 14.6 Å². The average Bonchev–Trinajstić information content (AvgIpc) is 3.01. The number of piperidine rings is 1. The van der Waals surface area contributed by atoms with E-state index < -0.39 is 0 Å². The summed E-state index contributed by atoms with van der Waals surface area (Å²) < 4.78 is 10.6. The summed E-state index contributed by atoms with van der Waals surface area (Å²) in [6, 6.07) is 5.69. The van der Waals surface area contributed by atoms with Gasteiger partial charge in [-0.1, -0.05) is 6.07 Å². The summed E-state index contributed by atoms with van der Waals surface area (Å²) in [5.41, 5.74) is 0.997. The van der Waals surface area contributed by atoms with Crippen molar-refractivity contribution in [3.63, 3.8) is 0 Å². The molecule has 1 aromatic carbocycles. The molecular weight excluding hydrogens is 284 g/mol. The van der Waals surface area contributed by atoms with Gasteiger partial charge in [-0.3, -0.25) is 9.69 Å². The lowest BCUT2D eigenvalue weighted by molar-refractivity contribution is -0.122. The Hall–Kier alpha value is -1.79. The number of fused-ring (bicyclic) bond motifs is 1. The minimum atomic E-state index is 0.0279. The molecule has 3 rings (SSSR count). The maximum Gasteiger partial charge on any atom is 0.234 e. The van der Waals surface area contributed by atoms with Crippen LogP contribution in [0, 0.1) is 5.92 Å². The summed E-state index contributed by atoms with van der Waals surface area (Å²) in [4.78, 5) is 14.2. The van der Waals surface area contributed by atoms with E-state index in [0.29, 0.717) is 19.0 Å². The van der Waals surface area contributed by atoms with Gasteiger partial charge >= 0.3 is 0 Å². The fourth-order valence-electron chi connectivity index (χ4n) is 2.84. The van der Waals surface area contributed by atoms with Crippen molar-refractivity contribution in [3.8, 4) is 11.5 Å². The van der Waals surface area contributed by atoms with E-state index in [1.807, 2.05) is 18.2 Å². The van der Waals surface area contributed by atoms with Crippen molar-refractivity contribution in [1.29, 1.82) is 0 Å². The molecule has 2 heterocycles. The minimum Gasteiger partial charge on any atom is -0.454 e. The molecule has 1 fully saturated rings. The highest BCUT2D eigenvalue weighted by molar-refractivity contribution is 5.78. The molecule has 2 N–H and O–H groups in total. The maximum atomic E-state index is 12.0. The Morgan fingerprint density at radius 1 is 1.27 bits per heavy atom. The lowest BCUT2D eigenvalue weighted by Crippen LogP contribution is -2.41. The Bertz CT molecular complexity index is 527. The first-order valence-electron chi connectivity index (χ1n) is 7.73. The van der Waals surface area contributed by atoms with Crippen LogP contribution in [0.15, 0.2) is 18.2 Å². The molecule has 120 valence electrons. The van der Waals surface area contributed by atoms with Gasteiger partial charge in [0, 0.05) is 13.2 Å². The van der Waals surface area contributed by atoms with E-state index in [9.17, 15) is 4.79 Å². The zero-order chi connectivity index (χ0) is 15.4. The summed E-state index contributed by atoms with van der Waals surface area (Å²) >= 11 is 0. The highest BCUT2D eigenvalue weighted by atomic mass is 16.7. The number of aliphatic hydroxyl groups is 1. The van der Waals surface area contributed by atoms with Crippen molar-refractivity contribution in [3.05, 3.63) is 23.8 Å². The summed E-state index contributed by atoms with van der Waals surface area (Å²) in [7, 11) is 0. The normalized spacial score (nSPS) is 18.4. The van der Waals surface area contributed by atoms with Gasteiger partial charge in [0.25, 0.3) is 0 Å². The number of nitrogens with zero attached hydrogens (tertiary/aromatic N) is 1. The third kappa shape index (κ3) is 3.69. The van der Waals surface area contributed by atoms with E-state index in [1.165, 1.54) is 0 Å². The second kappa shape index (κ2) is 6.98. The zero-order valence-corrected chi connectivity index (χ0v) is 12.6. The molecule has 6 nitrogen and oxygen atoms in total. The molecule has 2 aliphatic heterocycles. The number of carbonyl (C=O) groups excluding carboxylic acids is 1. The number of ether oxygens (including phenoxy) is 2. The molecule has 22 heavy (non-hydrogen) atoms. The molecule has 0 aromatic heterocycles. The van der Waals surface area contributed by atoms with Crippen LogP contribution in [-0.4, -0.2) is 48.9 Å². The second-order valence-corrected chi connectivity index (χ2v) is 5.87. The van der Waals surface area contributed by atoms with Gasteiger partial charge in [0.15, 0.2) is 11.5 Å². The summed E-state index contributed by atoms with van der Waals surface area (Å²) in [5.74, 6) is 1.91. The number of aliphatic hydroxyl groups excluding tert-OH is 1. The van der Waals surface area contributed by atoms with Gasteiger partial charge in [-0.15, -0.1) is 0 Å². The van der Waals surface area contributed by atoms with Crippen LogP contribution < -0.4 is 14.8 Å². The zero-order valence-electron chi connectivity index (χ0n) is 12.6. The minimum absolute atomic E-state index is 0.0279. The predicted octanol–water partition coefficient (Wildman–Crippen LogP) is 0.736. The third-order valence-corrected chi connectivity index (χ3v) is 4.26. The molecule has 0 unspecified atom stereocenters. The molecule has 0 radical (unpaired) electrons. The van der Waals surface area contributed by atoms with Crippen LogP contribution >= 0.6 is 0 Å². The van der Waals surface area contributed by atoms with Crippen molar-refractivity contribution >= 4 is 5.91 Å². The van der Waals surface area contributed by atoms with Crippen LogP contribution in [0.4, 0.5) is 0 Å². The van der Waals surface area contributed by atoms with Crippen LogP contribution in [0.1, 0.15) is 18.4 Å². The molecule has 1 aromatic rings. The van der Waals surface area contributed by atoms with E-state index in [2.05, 4.69) is 10.2 Å². The van der Waals surface area contributed by atoms with Gasteiger partial charge in [-0.05, 0) is 49.5 Å². The van der Waals surface area contributed by atoms with Crippen LogP contribution in [0.2, 0.25) is 0 Å². The highest BCUT2D eigenvalue weighted by Crippen LogP contribution is 2.32. The summed E-state index contributed by atoms with van der Waals surface area (Å²) in [6.07, 6.45) is 1.93. The number of carbonyl (C=O) groups is 1. The molecule has 0 saturated carbocycles. The number of amides is 1. The Labute approximate surface area is 130 Å². The van der Waals surface area contributed by atoms with Crippen molar-refractivity contribution in [1.82, 2.24) is 10.2 Å². The standard InChI is InChI=1S/C16H22N2O4/c19-10-12-3-5-18(6-4-12)9-16(20)17-8-13-1-2-14-15(7-13)22-11-21-14/h1-2,7,12,19H,3-6,8-11H2,(H,17,20). The lowest BCUT2D eigenvalue weighted by Gasteiger charge is -2.30. The van der Waals surface area contributed by atoms with Crippen LogP contribution in [0.5, 0.6) is 11.5 Å². The molecule has 1 amide bonds. The van der Waals surface area contributed by atoms with Crippen LogP contribution in [0.25, 0.3) is 0 Å². The quantitative estimate of drug-likeness (QED) is 0.839. The van der Waals surface area contributed by atoms with Gasteiger partial charge < -0.3 is 19.9 Å². The van der Waals surface area contributed by atoms with Crippen molar-refractivity contribution in [2.24, 2.45) is 5.92 Å². The average molecular weight is 306 g/mol. The lowest BCUT2D eigenvalue weighted by atomic mass is 9.98. The number of hydrogen-bond acceptors (Lipinski definition) is 5. The van der Waals surface area contributed by atoms with Crippen molar-refractivity contribution < 1.29 is 19.4 Å². The fourth-order valence-corrected chi connectivity index (χ4v) is 2.84. The number of likely N-dealkylation sites (tertiary alicyclic amines) is 1. The smallest absolute Gasteiger partial charge is 0.234 e. The first-order valence-corrected chi connectivity index (χ1v) is 7.73. The molecule has 6 heteroatoms. The monoisotopic (exact) mass is 306 g/mol. The highest BCUT2D eigenvalue weighted by Gasteiger charge is 2.20. The number of nitrogens with one attached hydrogen (secondary N) is 1. The van der Waals surface area contributed by atoms with E-state index in [0.717, 1.165) is 43.0 Å². The van der Waals surface area contributed by atoms with E-state index >= 15 is 0 Å². The van der Waals surface area contributed by atoms with Gasteiger partial charge in [0.1, 0.15) is 0 Å². The predicted molar refractivity (Wildman–Crippen MR) is 80.7 cm³/mol. The second-order valence-electron chi connectivity index (χ2n) is 5.87. The number of benzene rings is 1. The molecular formula is C16H22N2O4. The van der Waals surface area contributed by atoms with Gasteiger partial charge in [0.2, 0.25) is 12.7 Å². The van der Waals surface area contributed by atoms with E-state index in [1.54, 1.807) is 0 Å². The topological polar surface area (TPSA) is 71.0 Å². The molecule has 0 aliphatic carbocycles. The van der Waals surface area contributed by atoms with Gasteiger partial charge in [0.05, 0.1) is 6.54 Å². The fraction of sp³-hybridized carbons (Fsp3) is 0.562. The number of hydrogen-bond donors (Lipinski definition) is 2. The summed E-state index contributed by atoms with van der Waals surface area (Å²) in [5, 5.41) is 12.1. The largest absolute Gasteiger partial charge is 0.454 e. The third-order valence-electron chi connectivity index (χ3n) is 4.26. The van der Waals surface area contributed by atoms with Crippen molar-refractivity contribution in [2.45, 2.75) is 19.4 Å². The Morgan fingerprint density at radius 3 is 2.82 bits per heavy atom. The Kier molecular flexibility index (Phi) is 4.80. The molecule has 0 spiro atoms. The SMILES string of the molecule is O=C(CN1CCC(CO)CC1)NCc1ccc2c(c1)OCO2. The maximum absolute atomic E-state index is 12.0.